The highest BCUT2D eigenvalue weighted by atomic mass is 127. The molecule has 0 saturated heterocycles. The molecule has 0 bridgehead atoms. The second-order valence-corrected chi connectivity index (χ2v) is 6.44. The van der Waals surface area contributed by atoms with Crippen molar-refractivity contribution < 1.29 is 9.50 Å². The first-order chi connectivity index (χ1) is 13.1. The van der Waals surface area contributed by atoms with Gasteiger partial charge < -0.3 is 15.7 Å². The number of nitrogens with zero attached hydrogens (tertiary/aromatic N) is 1. The van der Waals surface area contributed by atoms with Gasteiger partial charge in [-0.1, -0.05) is 48.5 Å². The summed E-state index contributed by atoms with van der Waals surface area (Å²) in [6.07, 6.45) is 0. The van der Waals surface area contributed by atoms with Crippen LogP contribution in [0.25, 0.3) is 10.8 Å². The summed E-state index contributed by atoms with van der Waals surface area (Å²) in [6.45, 7) is 2.26. The Labute approximate surface area is 181 Å². The van der Waals surface area contributed by atoms with Crippen molar-refractivity contribution in [3.63, 3.8) is 0 Å². The monoisotopic (exact) mass is 493 g/mol. The molecule has 0 aromatic heterocycles. The Hall–Kier alpha value is -2.19. The summed E-state index contributed by atoms with van der Waals surface area (Å²) in [6, 6.07) is 19.4. The average molecular weight is 493 g/mol. The quantitative estimate of drug-likeness (QED) is 0.279. The van der Waals surface area contributed by atoms with Crippen LogP contribution < -0.4 is 10.6 Å². The van der Waals surface area contributed by atoms with Crippen LogP contribution in [0.1, 0.15) is 29.7 Å². The maximum atomic E-state index is 13.5. The highest BCUT2D eigenvalue weighted by Crippen LogP contribution is 2.24. The van der Waals surface area contributed by atoms with Gasteiger partial charge in [-0.15, -0.1) is 24.0 Å². The molecular formula is C22H25FIN3O. The summed E-state index contributed by atoms with van der Waals surface area (Å²) < 4.78 is 13.5. The zero-order valence-corrected chi connectivity index (χ0v) is 18.3. The second kappa shape index (κ2) is 10.4. The van der Waals surface area contributed by atoms with Crippen molar-refractivity contribution in [1.29, 1.82) is 0 Å². The van der Waals surface area contributed by atoms with E-state index in [1.165, 1.54) is 22.4 Å². The predicted molar refractivity (Wildman–Crippen MR) is 123 cm³/mol. The lowest BCUT2D eigenvalue weighted by atomic mass is 10.00. The first-order valence-corrected chi connectivity index (χ1v) is 8.95. The number of halogens is 2. The largest absolute Gasteiger partial charge is 0.392 e. The number of aliphatic hydroxyl groups is 1. The Morgan fingerprint density at radius 2 is 1.86 bits per heavy atom. The van der Waals surface area contributed by atoms with Gasteiger partial charge in [0, 0.05) is 19.2 Å². The fourth-order valence-corrected chi connectivity index (χ4v) is 3.15. The minimum atomic E-state index is -0.395. The van der Waals surface area contributed by atoms with E-state index < -0.39 is 5.82 Å². The van der Waals surface area contributed by atoms with Crippen LogP contribution in [-0.4, -0.2) is 18.1 Å². The van der Waals surface area contributed by atoms with Crippen molar-refractivity contribution in [3.8, 4) is 0 Å². The standard InChI is InChI=1S/C22H24FN3O.HI/c1-15(19-9-5-7-17-6-3-4-8-20(17)19)26-22(24-2)25-13-16-10-11-21(23)18(12-16)14-27;/h3-12,15,27H,13-14H2,1-2H3,(H2,24,25,26);1H. The fourth-order valence-electron chi connectivity index (χ4n) is 3.15. The van der Waals surface area contributed by atoms with E-state index in [-0.39, 0.29) is 36.6 Å². The Balaban J connectivity index is 0.00000280. The molecule has 0 aliphatic carbocycles. The molecule has 0 heterocycles. The van der Waals surface area contributed by atoms with Crippen molar-refractivity contribution in [3.05, 3.63) is 83.2 Å². The maximum Gasteiger partial charge on any atom is 0.191 e. The van der Waals surface area contributed by atoms with Crippen molar-refractivity contribution in [1.82, 2.24) is 10.6 Å². The SMILES string of the molecule is CN=C(NCc1ccc(F)c(CO)c1)NC(C)c1cccc2ccccc12.I. The molecule has 28 heavy (non-hydrogen) atoms. The summed E-state index contributed by atoms with van der Waals surface area (Å²) in [5.41, 5.74) is 2.36. The molecule has 148 valence electrons. The van der Waals surface area contributed by atoms with Crippen LogP contribution >= 0.6 is 24.0 Å². The molecule has 0 radical (unpaired) electrons. The van der Waals surface area contributed by atoms with E-state index in [9.17, 15) is 9.50 Å². The molecule has 3 aromatic rings. The topological polar surface area (TPSA) is 56.7 Å². The molecule has 0 spiro atoms. The third-order valence-electron chi connectivity index (χ3n) is 4.61. The zero-order valence-electron chi connectivity index (χ0n) is 15.9. The van der Waals surface area contributed by atoms with Crippen LogP contribution in [-0.2, 0) is 13.2 Å². The van der Waals surface area contributed by atoms with Gasteiger partial charge in [-0.05, 0) is 41.0 Å². The Morgan fingerprint density at radius 1 is 1.11 bits per heavy atom. The summed E-state index contributed by atoms with van der Waals surface area (Å²) in [5, 5.41) is 18.3. The molecule has 1 atom stereocenters. The first-order valence-electron chi connectivity index (χ1n) is 8.95. The van der Waals surface area contributed by atoms with Gasteiger partial charge in [-0.2, -0.15) is 0 Å². The lowest BCUT2D eigenvalue weighted by molar-refractivity contribution is 0.275. The van der Waals surface area contributed by atoms with Gasteiger partial charge in [0.25, 0.3) is 0 Å². The van der Waals surface area contributed by atoms with Crippen LogP contribution in [0.3, 0.4) is 0 Å². The summed E-state index contributed by atoms with van der Waals surface area (Å²) in [5.74, 6) is 0.263. The summed E-state index contributed by atoms with van der Waals surface area (Å²) in [4.78, 5) is 4.28. The Morgan fingerprint density at radius 3 is 2.61 bits per heavy atom. The van der Waals surface area contributed by atoms with Crippen molar-refractivity contribution >= 4 is 40.7 Å². The minimum Gasteiger partial charge on any atom is -0.392 e. The number of hydrogen-bond acceptors (Lipinski definition) is 2. The van der Waals surface area contributed by atoms with Gasteiger partial charge in [0.05, 0.1) is 12.6 Å². The lowest BCUT2D eigenvalue weighted by Gasteiger charge is -2.20. The smallest absolute Gasteiger partial charge is 0.191 e. The Bertz CT molecular complexity index is 956. The highest BCUT2D eigenvalue weighted by Gasteiger charge is 2.11. The molecule has 0 aliphatic rings. The minimum absolute atomic E-state index is 0. The van der Waals surface area contributed by atoms with Crippen LogP contribution in [0.4, 0.5) is 4.39 Å². The molecule has 0 aliphatic heterocycles. The lowest BCUT2D eigenvalue weighted by Crippen LogP contribution is -2.38. The number of rotatable bonds is 5. The van der Waals surface area contributed by atoms with E-state index in [1.54, 1.807) is 19.2 Å². The van der Waals surface area contributed by atoms with E-state index in [1.807, 2.05) is 12.1 Å². The molecule has 3 N–H and O–H groups in total. The third kappa shape index (κ3) is 5.20. The number of benzene rings is 3. The number of hydrogen-bond donors (Lipinski definition) is 3. The van der Waals surface area contributed by atoms with Crippen LogP contribution in [0.5, 0.6) is 0 Å². The maximum absolute atomic E-state index is 13.5. The predicted octanol–water partition coefficient (Wildman–Crippen LogP) is 4.52. The highest BCUT2D eigenvalue weighted by molar-refractivity contribution is 14.0. The summed E-state index contributed by atoms with van der Waals surface area (Å²) in [7, 11) is 1.72. The normalized spacial score (nSPS) is 12.4. The van der Waals surface area contributed by atoms with Crippen molar-refractivity contribution in [2.75, 3.05) is 7.05 Å². The van der Waals surface area contributed by atoms with Crippen molar-refractivity contribution in [2.24, 2.45) is 4.99 Å². The van der Waals surface area contributed by atoms with Crippen LogP contribution in [0.2, 0.25) is 0 Å². The molecule has 0 fully saturated rings. The average Bonchev–Trinajstić information content (AvgIpc) is 2.71. The fraction of sp³-hybridized carbons (Fsp3) is 0.227. The van der Waals surface area contributed by atoms with E-state index >= 15 is 0 Å². The van der Waals surface area contributed by atoms with Gasteiger partial charge >= 0.3 is 0 Å². The van der Waals surface area contributed by atoms with Crippen LogP contribution in [0, 0.1) is 5.82 Å². The molecule has 6 heteroatoms. The number of guanidine groups is 1. The van der Waals surface area contributed by atoms with E-state index in [0.29, 0.717) is 18.1 Å². The molecule has 4 nitrogen and oxygen atoms in total. The second-order valence-electron chi connectivity index (χ2n) is 6.44. The van der Waals surface area contributed by atoms with E-state index in [2.05, 4.69) is 52.9 Å². The van der Waals surface area contributed by atoms with E-state index in [0.717, 1.165) is 5.56 Å². The molecule has 1 unspecified atom stereocenters. The van der Waals surface area contributed by atoms with Gasteiger partial charge in [-0.25, -0.2) is 4.39 Å². The Kier molecular flexibility index (Phi) is 8.19. The third-order valence-corrected chi connectivity index (χ3v) is 4.61. The van der Waals surface area contributed by atoms with E-state index in [4.69, 9.17) is 0 Å². The molecule has 3 rings (SSSR count). The number of aliphatic imine (C=N–C) groups is 1. The van der Waals surface area contributed by atoms with Crippen LogP contribution in [0.15, 0.2) is 65.7 Å². The number of nitrogens with one attached hydrogen (secondary N) is 2. The number of aliphatic hydroxyl groups excluding tert-OH is 1. The van der Waals surface area contributed by atoms with Gasteiger partial charge in [0.15, 0.2) is 5.96 Å². The molecular weight excluding hydrogens is 468 g/mol. The summed E-state index contributed by atoms with van der Waals surface area (Å²) >= 11 is 0. The molecule has 0 amide bonds. The van der Waals surface area contributed by atoms with Gasteiger partial charge in [-0.3, -0.25) is 4.99 Å². The number of fused-ring (bicyclic) bond motifs is 1. The van der Waals surface area contributed by atoms with Gasteiger partial charge in [0.2, 0.25) is 0 Å². The zero-order chi connectivity index (χ0) is 19.2. The molecule has 3 aromatic carbocycles. The first kappa shape index (κ1) is 22.1. The van der Waals surface area contributed by atoms with Crippen molar-refractivity contribution in [2.45, 2.75) is 26.1 Å². The van der Waals surface area contributed by atoms with Gasteiger partial charge in [0.1, 0.15) is 5.82 Å². The molecule has 0 saturated carbocycles.